The number of aryl methyl sites for hydroxylation is 1. The first kappa shape index (κ1) is 11.1. The SMILES string of the molecule is Cc1ccc2c(c1)CCN2C(=O)C1CSCN1. The largest absolute Gasteiger partial charge is 0.310 e. The molecule has 2 aliphatic rings. The number of anilines is 1. The fraction of sp³-hybridized carbons (Fsp3) is 0.462. The molecule has 1 saturated heterocycles. The van der Waals surface area contributed by atoms with Crippen LogP contribution in [0.3, 0.4) is 0 Å². The molecule has 0 radical (unpaired) electrons. The van der Waals surface area contributed by atoms with Crippen molar-refractivity contribution in [2.24, 2.45) is 0 Å². The first-order chi connectivity index (χ1) is 8.25. The van der Waals surface area contributed by atoms with Crippen LogP contribution in [0, 0.1) is 6.92 Å². The summed E-state index contributed by atoms with van der Waals surface area (Å²) in [5.41, 5.74) is 3.69. The second-order valence-corrected chi connectivity index (χ2v) is 5.67. The fourth-order valence-corrected chi connectivity index (χ4v) is 3.43. The molecule has 1 N–H and O–H groups in total. The number of nitrogens with zero attached hydrogens (tertiary/aromatic N) is 1. The molecule has 3 rings (SSSR count). The van der Waals surface area contributed by atoms with Gasteiger partial charge in [0, 0.05) is 23.9 Å². The number of hydrogen-bond acceptors (Lipinski definition) is 3. The summed E-state index contributed by atoms with van der Waals surface area (Å²) in [6.45, 7) is 2.93. The molecule has 0 spiro atoms. The Morgan fingerprint density at radius 1 is 1.53 bits per heavy atom. The number of carbonyl (C=O) groups is 1. The van der Waals surface area contributed by atoms with E-state index in [2.05, 4.69) is 30.4 Å². The van der Waals surface area contributed by atoms with Gasteiger partial charge in [-0.25, -0.2) is 0 Å². The molecule has 3 nitrogen and oxygen atoms in total. The van der Waals surface area contributed by atoms with Crippen LogP contribution in [0.1, 0.15) is 11.1 Å². The molecule has 2 aliphatic heterocycles. The van der Waals surface area contributed by atoms with Gasteiger partial charge in [-0.15, -0.1) is 11.8 Å². The Hall–Kier alpha value is -1.000. The Balaban J connectivity index is 1.85. The zero-order valence-electron chi connectivity index (χ0n) is 9.90. The Kier molecular flexibility index (Phi) is 2.84. The summed E-state index contributed by atoms with van der Waals surface area (Å²) in [6.07, 6.45) is 0.989. The molecular formula is C13H16N2OS. The standard InChI is InChI=1S/C13H16N2OS/c1-9-2-3-12-10(6-9)4-5-15(12)13(16)11-7-17-8-14-11/h2-3,6,11,14H,4-5,7-8H2,1H3. The third kappa shape index (κ3) is 1.96. The molecule has 1 amide bonds. The lowest BCUT2D eigenvalue weighted by Crippen LogP contribution is -2.44. The Morgan fingerprint density at radius 2 is 2.41 bits per heavy atom. The molecule has 1 fully saturated rings. The van der Waals surface area contributed by atoms with Crippen molar-refractivity contribution in [1.29, 1.82) is 0 Å². The lowest BCUT2D eigenvalue weighted by atomic mass is 10.1. The number of fused-ring (bicyclic) bond motifs is 1. The van der Waals surface area contributed by atoms with E-state index in [1.807, 2.05) is 4.90 Å². The van der Waals surface area contributed by atoms with Crippen molar-refractivity contribution in [3.8, 4) is 0 Å². The number of amides is 1. The molecule has 17 heavy (non-hydrogen) atoms. The van der Waals surface area contributed by atoms with Crippen molar-refractivity contribution in [1.82, 2.24) is 5.32 Å². The minimum atomic E-state index is 0.00672. The highest BCUT2D eigenvalue weighted by Crippen LogP contribution is 2.29. The van der Waals surface area contributed by atoms with Crippen molar-refractivity contribution < 1.29 is 4.79 Å². The van der Waals surface area contributed by atoms with Crippen molar-refractivity contribution in [2.45, 2.75) is 19.4 Å². The zero-order chi connectivity index (χ0) is 11.8. The molecule has 1 aromatic carbocycles. The van der Waals surface area contributed by atoms with Gasteiger partial charge in [-0.1, -0.05) is 17.7 Å². The van der Waals surface area contributed by atoms with Gasteiger partial charge < -0.3 is 4.90 Å². The summed E-state index contributed by atoms with van der Waals surface area (Å²) >= 11 is 1.79. The van der Waals surface area contributed by atoms with Gasteiger partial charge in [-0.05, 0) is 25.0 Å². The molecule has 1 unspecified atom stereocenters. The van der Waals surface area contributed by atoms with Crippen LogP contribution in [0.5, 0.6) is 0 Å². The van der Waals surface area contributed by atoms with Gasteiger partial charge >= 0.3 is 0 Å². The van der Waals surface area contributed by atoms with E-state index in [0.717, 1.165) is 30.3 Å². The zero-order valence-corrected chi connectivity index (χ0v) is 10.7. The molecule has 90 valence electrons. The first-order valence-corrected chi connectivity index (χ1v) is 7.13. The average molecular weight is 248 g/mol. The molecule has 0 aliphatic carbocycles. The predicted molar refractivity (Wildman–Crippen MR) is 71.5 cm³/mol. The third-order valence-corrected chi connectivity index (χ3v) is 4.35. The number of carbonyl (C=O) groups excluding carboxylic acids is 1. The van der Waals surface area contributed by atoms with Gasteiger partial charge in [0.2, 0.25) is 5.91 Å². The quantitative estimate of drug-likeness (QED) is 0.818. The molecule has 1 aromatic rings. The topological polar surface area (TPSA) is 32.3 Å². The highest BCUT2D eigenvalue weighted by atomic mass is 32.2. The van der Waals surface area contributed by atoms with Crippen molar-refractivity contribution >= 4 is 23.4 Å². The van der Waals surface area contributed by atoms with E-state index < -0.39 is 0 Å². The minimum Gasteiger partial charge on any atom is -0.310 e. The molecule has 4 heteroatoms. The van der Waals surface area contributed by atoms with Crippen LogP contribution in [0.25, 0.3) is 0 Å². The summed E-state index contributed by atoms with van der Waals surface area (Å²) < 4.78 is 0. The van der Waals surface area contributed by atoms with Gasteiger partial charge in [0.05, 0.1) is 6.04 Å². The summed E-state index contributed by atoms with van der Waals surface area (Å²) in [6, 6.07) is 6.37. The molecule has 0 bridgehead atoms. The molecule has 0 aromatic heterocycles. The Labute approximate surface area is 106 Å². The lowest BCUT2D eigenvalue weighted by molar-refractivity contribution is -0.119. The Morgan fingerprint density at radius 3 is 3.18 bits per heavy atom. The van der Waals surface area contributed by atoms with Crippen LogP contribution < -0.4 is 10.2 Å². The van der Waals surface area contributed by atoms with Gasteiger partial charge in [0.1, 0.15) is 0 Å². The fourth-order valence-electron chi connectivity index (χ4n) is 2.50. The second kappa shape index (κ2) is 4.35. The molecule has 0 saturated carbocycles. The average Bonchev–Trinajstić information content (AvgIpc) is 2.96. The van der Waals surface area contributed by atoms with E-state index in [1.165, 1.54) is 11.1 Å². The van der Waals surface area contributed by atoms with Crippen molar-refractivity contribution in [2.75, 3.05) is 23.1 Å². The number of rotatable bonds is 1. The van der Waals surface area contributed by atoms with Gasteiger partial charge in [-0.3, -0.25) is 10.1 Å². The predicted octanol–water partition coefficient (Wildman–Crippen LogP) is 1.55. The van der Waals surface area contributed by atoms with E-state index in [0.29, 0.717) is 0 Å². The van der Waals surface area contributed by atoms with Crippen LogP contribution >= 0.6 is 11.8 Å². The van der Waals surface area contributed by atoms with Crippen LogP contribution in [-0.2, 0) is 11.2 Å². The van der Waals surface area contributed by atoms with E-state index >= 15 is 0 Å². The summed E-state index contributed by atoms with van der Waals surface area (Å²) in [5, 5.41) is 3.25. The molecule has 1 atom stereocenters. The first-order valence-electron chi connectivity index (χ1n) is 5.98. The normalized spacial score (nSPS) is 22.9. The lowest BCUT2D eigenvalue weighted by Gasteiger charge is -2.21. The number of hydrogen-bond donors (Lipinski definition) is 1. The monoisotopic (exact) mass is 248 g/mol. The van der Waals surface area contributed by atoms with Crippen LogP contribution in [0.15, 0.2) is 18.2 Å². The number of benzene rings is 1. The van der Waals surface area contributed by atoms with Crippen molar-refractivity contribution in [3.63, 3.8) is 0 Å². The summed E-state index contributed by atoms with van der Waals surface area (Å²) in [4.78, 5) is 14.3. The Bertz CT molecular complexity index is 455. The number of thioether (sulfide) groups is 1. The maximum atomic E-state index is 12.3. The van der Waals surface area contributed by atoms with E-state index in [4.69, 9.17) is 0 Å². The summed E-state index contributed by atoms with van der Waals surface area (Å²) in [7, 11) is 0. The minimum absolute atomic E-state index is 0.00672. The molecular weight excluding hydrogens is 232 g/mol. The van der Waals surface area contributed by atoms with E-state index in [9.17, 15) is 4.79 Å². The molecule has 2 heterocycles. The maximum Gasteiger partial charge on any atom is 0.245 e. The van der Waals surface area contributed by atoms with E-state index in [-0.39, 0.29) is 11.9 Å². The van der Waals surface area contributed by atoms with Gasteiger partial charge in [-0.2, -0.15) is 0 Å². The van der Waals surface area contributed by atoms with Crippen LogP contribution in [0.4, 0.5) is 5.69 Å². The van der Waals surface area contributed by atoms with Crippen LogP contribution in [-0.4, -0.2) is 30.1 Å². The highest BCUT2D eigenvalue weighted by molar-refractivity contribution is 7.99. The van der Waals surface area contributed by atoms with Crippen LogP contribution in [0.2, 0.25) is 0 Å². The van der Waals surface area contributed by atoms with Gasteiger partial charge in [0.15, 0.2) is 0 Å². The second-order valence-electron chi connectivity index (χ2n) is 4.64. The third-order valence-electron chi connectivity index (χ3n) is 3.41. The smallest absolute Gasteiger partial charge is 0.245 e. The number of nitrogens with one attached hydrogen (secondary N) is 1. The van der Waals surface area contributed by atoms with Crippen molar-refractivity contribution in [3.05, 3.63) is 29.3 Å². The maximum absolute atomic E-state index is 12.3. The summed E-state index contributed by atoms with van der Waals surface area (Å²) in [5.74, 6) is 2.03. The van der Waals surface area contributed by atoms with E-state index in [1.54, 1.807) is 11.8 Å². The van der Waals surface area contributed by atoms with Gasteiger partial charge in [0.25, 0.3) is 0 Å². The highest BCUT2D eigenvalue weighted by Gasteiger charge is 2.31.